The second kappa shape index (κ2) is 7.67. The predicted molar refractivity (Wildman–Crippen MR) is 109 cm³/mol. The van der Waals surface area contributed by atoms with Crippen molar-refractivity contribution in [1.29, 1.82) is 0 Å². The fourth-order valence-electron chi connectivity index (χ4n) is 5.16. The van der Waals surface area contributed by atoms with Crippen LogP contribution in [0.4, 0.5) is 0 Å². The Balaban J connectivity index is 1.62. The first-order valence-corrected chi connectivity index (χ1v) is 10.4. The Morgan fingerprint density at radius 3 is 2.70 bits per heavy atom. The third-order valence-corrected chi connectivity index (χ3v) is 6.90. The van der Waals surface area contributed by atoms with E-state index in [1.807, 2.05) is 44.2 Å². The van der Waals surface area contributed by atoms with E-state index in [-0.39, 0.29) is 17.8 Å². The molecule has 0 unspecified atom stereocenters. The molecule has 1 saturated heterocycles. The maximum Gasteiger partial charge on any atom is 0.340 e. The summed E-state index contributed by atoms with van der Waals surface area (Å²) in [5.41, 5.74) is 1.92. The summed E-state index contributed by atoms with van der Waals surface area (Å²) in [5, 5.41) is 11.2. The maximum atomic E-state index is 12.9. The molecule has 0 aromatic heterocycles. The van der Waals surface area contributed by atoms with Crippen LogP contribution in [0.3, 0.4) is 0 Å². The van der Waals surface area contributed by atoms with Gasteiger partial charge in [-0.15, -0.1) is 0 Å². The number of methoxy groups -OCH3 is 1. The molecule has 1 aromatic carbocycles. The van der Waals surface area contributed by atoms with E-state index in [0.29, 0.717) is 24.8 Å². The van der Waals surface area contributed by atoms with Crippen molar-refractivity contribution >= 4 is 11.9 Å². The van der Waals surface area contributed by atoms with Crippen molar-refractivity contribution in [2.45, 2.75) is 57.0 Å². The Hall–Kier alpha value is -2.44. The van der Waals surface area contributed by atoms with Crippen LogP contribution in [0, 0.1) is 11.8 Å². The molecule has 1 saturated carbocycles. The number of benzene rings is 1. The number of carbonyl (C=O) groups is 2. The van der Waals surface area contributed by atoms with Crippen LogP contribution in [-0.4, -0.2) is 42.0 Å². The standard InChI is InChI=1S/C24H28O6/c1-13-16-10-11-24(3,27)17-12-18(14(2)19(17)21(16)30-22(13)25)29-23(26)20(28-4)15-8-6-5-7-9-15/h5-9,16-18,20-21,27H,1,10-12H2,2-4H3/t16-,17+,18+,20-,21-,24+/m0/s1. The van der Waals surface area contributed by atoms with Crippen LogP contribution >= 0.6 is 0 Å². The van der Waals surface area contributed by atoms with E-state index in [0.717, 1.165) is 16.7 Å². The van der Waals surface area contributed by atoms with Crippen LogP contribution in [0.25, 0.3) is 0 Å². The minimum atomic E-state index is -0.977. The summed E-state index contributed by atoms with van der Waals surface area (Å²) in [6, 6.07) is 9.19. The lowest BCUT2D eigenvalue weighted by molar-refractivity contribution is -0.160. The molecule has 160 valence electrons. The quantitative estimate of drug-likeness (QED) is 0.464. The summed E-state index contributed by atoms with van der Waals surface area (Å²) >= 11 is 0. The van der Waals surface area contributed by atoms with Gasteiger partial charge in [-0.25, -0.2) is 9.59 Å². The molecule has 0 amide bonds. The predicted octanol–water partition coefficient (Wildman–Crippen LogP) is 3.26. The lowest BCUT2D eigenvalue weighted by Gasteiger charge is -2.31. The van der Waals surface area contributed by atoms with Crippen LogP contribution in [-0.2, 0) is 23.8 Å². The molecule has 1 aliphatic heterocycles. The highest BCUT2D eigenvalue weighted by molar-refractivity contribution is 5.91. The minimum absolute atomic E-state index is 0.149. The van der Waals surface area contributed by atoms with Crippen LogP contribution in [0.1, 0.15) is 44.8 Å². The van der Waals surface area contributed by atoms with Crippen molar-refractivity contribution in [3.05, 3.63) is 59.2 Å². The summed E-state index contributed by atoms with van der Waals surface area (Å²) in [4.78, 5) is 25.1. The van der Waals surface area contributed by atoms with Gasteiger partial charge in [0.25, 0.3) is 0 Å². The van der Waals surface area contributed by atoms with Crippen LogP contribution < -0.4 is 0 Å². The van der Waals surface area contributed by atoms with E-state index in [9.17, 15) is 14.7 Å². The highest BCUT2D eigenvalue weighted by Gasteiger charge is 2.54. The van der Waals surface area contributed by atoms with Crippen LogP contribution in [0.5, 0.6) is 0 Å². The van der Waals surface area contributed by atoms with Crippen molar-refractivity contribution in [3.63, 3.8) is 0 Å². The number of rotatable bonds is 4. The fourth-order valence-corrected chi connectivity index (χ4v) is 5.16. The van der Waals surface area contributed by atoms with Crippen molar-refractivity contribution in [2.75, 3.05) is 7.11 Å². The van der Waals surface area contributed by atoms with Gasteiger partial charge in [0, 0.05) is 24.5 Å². The van der Waals surface area contributed by atoms with Crippen molar-refractivity contribution < 1.29 is 28.9 Å². The summed E-state index contributed by atoms with van der Waals surface area (Å²) in [6.07, 6.45) is -0.155. The summed E-state index contributed by atoms with van der Waals surface area (Å²) in [7, 11) is 1.47. The van der Waals surface area contributed by atoms with Crippen LogP contribution in [0.15, 0.2) is 53.6 Å². The maximum absolute atomic E-state index is 12.9. The first-order valence-electron chi connectivity index (χ1n) is 10.4. The van der Waals surface area contributed by atoms with Gasteiger partial charge in [-0.05, 0) is 49.8 Å². The molecule has 1 N–H and O–H groups in total. The Labute approximate surface area is 176 Å². The summed E-state index contributed by atoms with van der Waals surface area (Å²) < 4.78 is 16.9. The first-order chi connectivity index (χ1) is 14.2. The lowest BCUT2D eigenvalue weighted by Crippen LogP contribution is -2.36. The Morgan fingerprint density at radius 2 is 2.03 bits per heavy atom. The second-order valence-electron chi connectivity index (χ2n) is 8.73. The lowest BCUT2D eigenvalue weighted by atomic mass is 9.82. The number of fused-ring (bicyclic) bond motifs is 3. The summed E-state index contributed by atoms with van der Waals surface area (Å²) in [6.45, 7) is 7.60. The number of esters is 2. The van der Waals surface area contributed by atoms with Gasteiger partial charge < -0.3 is 19.3 Å². The van der Waals surface area contributed by atoms with Gasteiger partial charge in [-0.1, -0.05) is 36.9 Å². The van der Waals surface area contributed by atoms with Gasteiger partial charge >= 0.3 is 11.9 Å². The normalized spacial score (nSPS) is 34.1. The number of hydrogen-bond donors (Lipinski definition) is 1. The van der Waals surface area contributed by atoms with Gasteiger partial charge in [0.2, 0.25) is 0 Å². The third kappa shape index (κ3) is 3.38. The molecule has 0 bridgehead atoms. The fraction of sp³-hybridized carbons (Fsp3) is 0.500. The zero-order chi connectivity index (χ0) is 21.6. The monoisotopic (exact) mass is 412 g/mol. The molecule has 4 rings (SSSR count). The van der Waals surface area contributed by atoms with E-state index in [2.05, 4.69) is 6.58 Å². The van der Waals surface area contributed by atoms with Crippen molar-refractivity contribution in [1.82, 2.24) is 0 Å². The SMILES string of the molecule is C=C1C(=O)O[C@@H]2C3=C(C)[C@H](OC(=O)[C@@H](OC)c4ccccc4)C[C@H]3[C@](C)(O)CC[C@@H]12. The Kier molecular flexibility index (Phi) is 5.32. The number of aliphatic hydroxyl groups is 1. The smallest absolute Gasteiger partial charge is 0.340 e. The van der Waals surface area contributed by atoms with Gasteiger partial charge in [0.15, 0.2) is 6.10 Å². The molecular weight excluding hydrogens is 384 g/mol. The van der Waals surface area contributed by atoms with E-state index >= 15 is 0 Å². The van der Waals surface area contributed by atoms with Gasteiger partial charge in [0.1, 0.15) is 12.2 Å². The topological polar surface area (TPSA) is 82.1 Å². The van der Waals surface area contributed by atoms with Crippen molar-refractivity contribution in [2.24, 2.45) is 11.8 Å². The highest BCUT2D eigenvalue weighted by atomic mass is 16.6. The molecule has 6 nitrogen and oxygen atoms in total. The molecule has 0 spiro atoms. The van der Waals surface area contributed by atoms with Gasteiger partial charge in [-0.3, -0.25) is 0 Å². The summed E-state index contributed by atoms with van der Waals surface area (Å²) in [5.74, 6) is -1.25. The van der Waals surface area contributed by atoms with E-state index in [1.165, 1.54) is 7.11 Å². The van der Waals surface area contributed by atoms with Gasteiger partial charge in [0.05, 0.1) is 5.60 Å². The third-order valence-electron chi connectivity index (χ3n) is 6.90. The van der Waals surface area contributed by atoms with E-state index in [4.69, 9.17) is 14.2 Å². The minimum Gasteiger partial charge on any atom is -0.456 e. The Morgan fingerprint density at radius 1 is 1.33 bits per heavy atom. The molecule has 30 heavy (non-hydrogen) atoms. The second-order valence-corrected chi connectivity index (χ2v) is 8.73. The largest absolute Gasteiger partial charge is 0.456 e. The molecule has 0 radical (unpaired) electrons. The number of hydrogen-bond acceptors (Lipinski definition) is 6. The molecule has 2 fully saturated rings. The van der Waals surface area contributed by atoms with Crippen LogP contribution in [0.2, 0.25) is 0 Å². The average molecular weight is 412 g/mol. The highest BCUT2D eigenvalue weighted by Crippen LogP contribution is 2.52. The van der Waals surface area contributed by atoms with E-state index < -0.39 is 29.9 Å². The molecule has 6 atom stereocenters. The molecule has 1 heterocycles. The first kappa shape index (κ1) is 20.8. The Bertz CT molecular complexity index is 900. The molecule has 3 aliphatic rings. The molecular formula is C24H28O6. The number of ether oxygens (including phenoxy) is 3. The molecule has 2 aliphatic carbocycles. The van der Waals surface area contributed by atoms with Gasteiger partial charge in [-0.2, -0.15) is 0 Å². The number of carbonyl (C=O) groups excluding carboxylic acids is 2. The zero-order valence-electron chi connectivity index (χ0n) is 17.6. The average Bonchev–Trinajstić information content (AvgIpc) is 3.15. The van der Waals surface area contributed by atoms with E-state index in [1.54, 1.807) is 0 Å². The van der Waals surface area contributed by atoms with Crippen molar-refractivity contribution in [3.8, 4) is 0 Å². The molecule has 1 aromatic rings. The zero-order valence-corrected chi connectivity index (χ0v) is 17.6. The molecule has 6 heteroatoms.